The molecule has 0 unspecified atom stereocenters. The van der Waals surface area contributed by atoms with Crippen LogP contribution in [0.15, 0.2) is 34.7 Å². The summed E-state index contributed by atoms with van der Waals surface area (Å²) in [4.78, 5) is 25.1. The molecule has 4 nitrogen and oxygen atoms in total. The van der Waals surface area contributed by atoms with Crippen molar-refractivity contribution in [2.24, 2.45) is 0 Å². The van der Waals surface area contributed by atoms with Crippen molar-refractivity contribution in [1.82, 2.24) is 5.32 Å². The van der Waals surface area contributed by atoms with E-state index in [1.807, 2.05) is 6.07 Å². The summed E-state index contributed by atoms with van der Waals surface area (Å²) in [7, 11) is 0. The van der Waals surface area contributed by atoms with E-state index in [1.54, 1.807) is 13.0 Å². The van der Waals surface area contributed by atoms with Gasteiger partial charge >= 0.3 is 0 Å². The van der Waals surface area contributed by atoms with Gasteiger partial charge in [-0.2, -0.15) is 0 Å². The SMILES string of the molecule is CC(=O)NCCc1ccc(C(=O)c2oc3ccc(F)cc3c2C)s1. The van der Waals surface area contributed by atoms with Gasteiger partial charge in [-0.3, -0.25) is 9.59 Å². The van der Waals surface area contributed by atoms with Crippen LogP contribution < -0.4 is 5.32 Å². The minimum atomic E-state index is -0.359. The molecule has 0 saturated carbocycles. The zero-order chi connectivity index (χ0) is 17.3. The molecule has 3 rings (SSSR count). The van der Waals surface area contributed by atoms with Gasteiger partial charge in [-0.25, -0.2) is 4.39 Å². The molecule has 0 spiro atoms. The summed E-state index contributed by atoms with van der Waals surface area (Å²) in [6.45, 7) is 3.76. The Morgan fingerprint density at radius 2 is 2.04 bits per heavy atom. The minimum Gasteiger partial charge on any atom is -0.452 e. The van der Waals surface area contributed by atoms with Gasteiger partial charge in [-0.05, 0) is 43.7 Å². The zero-order valence-corrected chi connectivity index (χ0v) is 14.1. The van der Waals surface area contributed by atoms with Crippen LogP contribution in [0.3, 0.4) is 0 Å². The lowest BCUT2D eigenvalue weighted by atomic mass is 10.1. The number of carbonyl (C=O) groups is 2. The second-order valence-corrected chi connectivity index (χ2v) is 6.69. The maximum absolute atomic E-state index is 13.4. The van der Waals surface area contributed by atoms with Crippen LogP contribution >= 0.6 is 11.3 Å². The lowest BCUT2D eigenvalue weighted by Crippen LogP contribution is -2.22. The molecule has 124 valence electrons. The fourth-order valence-electron chi connectivity index (χ4n) is 2.52. The van der Waals surface area contributed by atoms with E-state index in [2.05, 4.69) is 5.32 Å². The molecule has 3 aromatic rings. The Hall–Kier alpha value is -2.47. The number of hydrogen-bond acceptors (Lipinski definition) is 4. The van der Waals surface area contributed by atoms with Crippen molar-refractivity contribution in [1.29, 1.82) is 0 Å². The van der Waals surface area contributed by atoms with E-state index in [-0.39, 0.29) is 23.3 Å². The number of amides is 1. The van der Waals surface area contributed by atoms with Crippen molar-refractivity contribution < 1.29 is 18.4 Å². The molecule has 1 aromatic carbocycles. The third-order valence-electron chi connectivity index (χ3n) is 3.74. The largest absolute Gasteiger partial charge is 0.452 e. The van der Waals surface area contributed by atoms with Crippen LogP contribution in [0.1, 0.15) is 32.8 Å². The predicted octanol–water partition coefficient (Wildman–Crippen LogP) is 3.85. The number of benzene rings is 1. The molecule has 1 amide bonds. The number of halogens is 1. The number of rotatable bonds is 5. The Kier molecular flexibility index (Phi) is 4.49. The normalized spacial score (nSPS) is 11.0. The van der Waals surface area contributed by atoms with Crippen molar-refractivity contribution in [3.05, 3.63) is 57.2 Å². The van der Waals surface area contributed by atoms with Crippen molar-refractivity contribution in [2.45, 2.75) is 20.3 Å². The highest BCUT2D eigenvalue weighted by Crippen LogP contribution is 2.29. The average molecular weight is 345 g/mol. The molecule has 0 aliphatic heterocycles. The predicted molar refractivity (Wildman–Crippen MR) is 91.0 cm³/mol. The second kappa shape index (κ2) is 6.57. The summed E-state index contributed by atoms with van der Waals surface area (Å²) in [5.41, 5.74) is 1.14. The van der Waals surface area contributed by atoms with Gasteiger partial charge in [0.15, 0.2) is 5.76 Å². The molecular weight excluding hydrogens is 329 g/mol. The van der Waals surface area contributed by atoms with E-state index < -0.39 is 0 Å². The number of carbonyl (C=O) groups excluding carboxylic acids is 2. The standard InChI is InChI=1S/C18H16FNO3S/c1-10-14-9-12(19)3-5-15(14)23-18(10)17(22)16-6-4-13(24-16)7-8-20-11(2)21/h3-6,9H,7-8H2,1-2H3,(H,20,21). The number of hydrogen-bond donors (Lipinski definition) is 1. The highest BCUT2D eigenvalue weighted by Gasteiger charge is 2.21. The average Bonchev–Trinajstić information content (AvgIpc) is 3.12. The number of furan rings is 1. The van der Waals surface area contributed by atoms with Crippen LogP contribution in [0.25, 0.3) is 11.0 Å². The molecule has 0 fully saturated rings. The topological polar surface area (TPSA) is 59.3 Å². The number of nitrogens with one attached hydrogen (secondary N) is 1. The van der Waals surface area contributed by atoms with E-state index in [0.29, 0.717) is 34.4 Å². The highest BCUT2D eigenvalue weighted by atomic mass is 32.1. The van der Waals surface area contributed by atoms with Gasteiger partial charge in [0.05, 0.1) is 4.88 Å². The Morgan fingerprint density at radius 1 is 1.25 bits per heavy atom. The summed E-state index contributed by atoms with van der Waals surface area (Å²) >= 11 is 1.37. The summed E-state index contributed by atoms with van der Waals surface area (Å²) in [6, 6.07) is 7.84. The van der Waals surface area contributed by atoms with Crippen LogP contribution in [0.5, 0.6) is 0 Å². The van der Waals surface area contributed by atoms with Crippen molar-refractivity contribution >= 4 is 34.0 Å². The Morgan fingerprint density at radius 3 is 2.79 bits per heavy atom. The first kappa shape index (κ1) is 16.4. The Balaban J connectivity index is 1.83. The smallest absolute Gasteiger partial charge is 0.238 e. The van der Waals surface area contributed by atoms with Gasteiger partial charge in [0.25, 0.3) is 0 Å². The molecule has 1 N–H and O–H groups in total. The van der Waals surface area contributed by atoms with E-state index in [1.165, 1.54) is 36.5 Å². The summed E-state index contributed by atoms with van der Waals surface area (Å²) in [6.07, 6.45) is 0.669. The number of ketones is 1. The summed E-state index contributed by atoms with van der Waals surface area (Å²) < 4.78 is 19.0. The van der Waals surface area contributed by atoms with Gasteiger partial charge in [-0.1, -0.05) is 0 Å². The Labute approximate surface area is 142 Å². The first-order valence-corrected chi connectivity index (χ1v) is 8.34. The third kappa shape index (κ3) is 3.23. The molecular formula is C18H16FNO3S. The van der Waals surface area contributed by atoms with Crippen LogP contribution in [-0.2, 0) is 11.2 Å². The Bertz CT molecular complexity index is 926. The first-order chi connectivity index (χ1) is 11.5. The maximum Gasteiger partial charge on any atom is 0.238 e. The molecule has 0 saturated heterocycles. The van der Waals surface area contributed by atoms with Gasteiger partial charge in [0.1, 0.15) is 11.4 Å². The molecule has 2 heterocycles. The van der Waals surface area contributed by atoms with E-state index in [0.717, 1.165) is 4.88 Å². The lowest BCUT2D eigenvalue weighted by Gasteiger charge is -1.99. The minimum absolute atomic E-state index is 0.0759. The van der Waals surface area contributed by atoms with Crippen LogP contribution in [0, 0.1) is 12.7 Å². The fraction of sp³-hybridized carbons (Fsp3) is 0.222. The molecule has 6 heteroatoms. The monoisotopic (exact) mass is 345 g/mol. The van der Waals surface area contributed by atoms with Gasteiger partial charge in [-0.15, -0.1) is 11.3 Å². The van der Waals surface area contributed by atoms with Crippen LogP contribution in [-0.4, -0.2) is 18.2 Å². The van der Waals surface area contributed by atoms with Crippen molar-refractivity contribution in [3.63, 3.8) is 0 Å². The number of thiophene rings is 1. The molecule has 0 atom stereocenters. The summed E-state index contributed by atoms with van der Waals surface area (Å²) in [5.74, 6) is -0.402. The van der Waals surface area contributed by atoms with E-state index in [4.69, 9.17) is 4.42 Å². The zero-order valence-electron chi connectivity index (χ0n) is 13.3. The van der Waals surface area contributed by atoms with Crippen molar-refractivity contribution in [2.75, 3.05) is 6.54 Å². The summed E-state index contributed by atoms with van der Waals surface area (Å²) in [5, 5.41) is 3.34. The molecule has 24 heavy (non-hydrogen) atoms. The highest BCUT2D eigenvalue weighted by molar-refractivity contribution is 7.14. The second-order valence-electron chi connectivity index (χ2n) is 5.52. The number of aryl methyl sites for hydroxylation is 1. The molecule has 0 aliphatic rings. The van der Waals surface area contributed by atoms with E-state index >= 15 is 0 Å². The quantitative estimate of drug-likeness (QED) is 0.715. The maximum atomic E-state index is 13.4. The molecule has 0 radical (unpaired) electrons. The van der Waals surface area contributed by atoms with E-state index in [9.17, 15) is 14.0 Å². The number of fused-ring (bicyclic) bond motifs is 1. The van der Waals surface area contributed by atoms with Crippen LogP contribution in [0.2, 0.25) is 0 Å². The lowest BCUT2D eigenvalue weighted by molar-refractivity contribution is -0.118. The van der Waals surface area contributed by atoms with Crippen molar-refractivity contribution in [3.8, 4) is 0 Å². The molecule has 2 aromatic heterocycles. The van der Waals surface area contributed by atoms with Gasteiger partial charge in [0, 0.05) is 29.3 Å². The first-order valence-electron chi connectivity index (χ1n) is 7.52. The van der Waals surface area contributed by atoms with Gasteiger partial charge < -0.3 is 9.73 Å². The fourth-order valence-corrected chi connectivity index (χ4v) is 3.46. The van der Waals surface area contributed by atoms with Crippen LogP contribution in [0.4, 0.5) is 4.39 Å². The van der Waals surface area contributed by atoms with Gasteiger partial charge in [0.2, 0.25) is 11.7 Å². The molecule has 0 bridgehead atoms. The third-order valence-corrected chi connectivity index (χ3v) is 4.88. The molecule has 0 aliphatic carbocycles.